The summed E-state index contributed by atoms with van der Waals surface area (Å²) in [5, 5.41) is 32.3. The van der Waals surface area contributed by atoms with Gasteiger partial charge in [0.15, 0.2) is 5.79 Å². The molecule has 5 fully saturated rings. The lowest BCUT2D eigenvalue weighted by Gasteiger charge is -2.63. The monoisotopic (exact) mass is 502 g/mol. The van der Waals surface area contributed by atoms with E-state index in [1.807, 2.05) is 0 Å². The lowest BCUT2D eigenvalue weighted by molar-refractivity contribution is -0.197. The number of ketones is 1. The second-order valence-electron chi connectivity index (χ2n) is 14.4. The number of ether oxygens (including phenoxy) is 1. The average Bonchev–Trinajstić information content (AvgIpc) is 3.20. The number of carboxylic acid groups (broad SMARTS) is 1. The molecule has 6 heteroatoms. The first-order valence-electron chi connectivity index (χ1n) is 14.0. The van der Waals surface area contributed by atoms with Crippen LogP contribution in [0.5, 0.6) is 0 Å². The Morgan fingerprint density at radius 1 is 1.14 bits per heavy atom. The molecule has 0 bridgehead atoms. The molecule has 0 radical (unpaired) electrons. The minimum absolute atomic E-state index is 0.191. The van der Waals surface area contributed by atoms with Gasteiger partial charge >= 0.3 is 5.97 Å². The van der Waals surface area contributed by atoms with E-state index in [0.717, 1.165) is 19.3 Å². The van der Waals surface area contributed by atoms with Gasteiger partial charge in [0.1, 0.15) is 11.4 Å². The lowest BCUT2D eigenvalue weighted by Crippen LogP contribution is -2.68. The molecule has 202 valence electrons. The molecule has 1 heterocycles. The van der Waals surface area contributed by atoms with Crippen molar-refractivity contribution in [2.75, 3.05) is 0 Å². The van der Waals surface area contributed by atoms with Gasteiger partial charge in [-0.25, -0.2) is 4.79 Å². The Kier molecular flexibility index (Phi) is 5.45. The van der Waals surface area contributed by atoms with Crippen LogP contribution in [0.1, 0.15) is 106 Å². The number of epoxide rings is 1. The van der Waals surface area contributed by atoms with Crippen molar-refractivity contribution in [3.63, 3.8) is 0 Å². The van der Waals surface area contributed by atoms with Crippen molar-refractivity contribution in [1.29, 1.82) is 0 Å². The smallest absolute Gasteiger partial charge is 0.330 e. The predicted molar refractivity (Wildman–Crippen MR) is 136 cm³/mol. The molecule has 6 nitrogen and oxygen atoms in total. The largest absolute Gasteiger partial charge is 0.478 e. The highest BCUT2D eigenvalue weighted by Gasteiger charge is 2.97. The molecular weight excluding hydrogens is 456 g/mol. The number of carbonyl (C=O) groups is 2. The number of carbonyl (C=O) groups excluding carboxylic acids is 1. The average molecular weight is 503 g/mol. The van der Waals surface area contributed by atoms with Gasteiger partial charge in [-0.1, -0.05) is 47.6 Å². The third-order valence-corrected chi connectivity index (χ3v) is 13.1. The van der Waals surface area contributed by atoms with E-state index in [2.05, 4.69) is 41.5 Å². The van der Waals surface area contributed by atoms with Crippen LogP contribution in [-0.4, -0.2) is 44.6 Å². The Bertz CT molecular complexity index is 1030. The number of aliphatic hydroxyl groups excluding tert-OH is 1. The molecule has 0 aromatic heterocycles. The van der Waals surface area contributed by atoms with Crippen molar-refractivity contribution >= 4 is 11.8 Å². The number of allylic oxidation sites excluding steroid dienone is 1. The number of aliphatic hydroxyl groups is 2. The van der Waals surface area contributed by atoms with Gasteiger partial charge in [-0.3, -0.25) is 4.79 Å². The number of rotatable bonds is 5. The maximum absolute atomic E-state index is 14.2. The number of fused-ring (bicyclic) bond motifs is 2. The normalized spacial score (nSPS) is 52.0. The molecule has 4 saturated carbocycles. The summed E-state index contributed by atoms with van der Waals surface area (Å²) in [4.78, 5) is 25.4. The highest BCUT2D eigenvalue weighted by Crippen LogP contribution is 2.88. The zero-order valence-electron chi connectivity index (χ0n) is 23.2. The first-order chi connectivity index (χ1) is 16.5. The fourth-order valence-corrected chi connectivity index (χ4v) is 10.7. The number of hydrogen-bond acceptors (Lipinski definition) is 5. The van der Waals surface area contributed by atoms with Gasteiger partial charge in [-0.05, 0) is 80.0 Å². The van der Waals surface area contributed by atoms with E-state index in [0.29, 0.717) is 44.1 Å². The van der Waals surface area contributed by atoms with Crippen molar-refractivity contribution in [3.05, 3.63) is 11.6 Å². The van der Waals surface area contributed by atoms with Gasteiger partial charge in [0.2, 0.25) is 0 Å². The van der Waals surface area contributed by atoms with Crippen molar-refractivity contribution in [3.8, 4) is 0 Å². The highest BCUT2D eigenvalue weighted by atomic mass is 16.8. The molecule has 5 rings (SSSR count). The van der Waals surface area contributed by atoms with E-state index in [9.17, 15) is 24.9 Å². The molecule has 36 heavy (non-hydrogen) atoms. The summed E-state index contributed by atoms with van der Waals surface area (Å²) in [5.41, 5.74) is -2.56. The molecule has 5 aliphatic rings. The Morgan fingerprint density at radius 3 is 2.44 bits per heavy atom. The van der Waals surface area contributed by atoms with E-state index in [-0.39, 0.29) is 45.4 Å². The third kappa shape index (κ3) is 2.65. The third-order valence-electron chi connectivity index (χ3n) is 13.1. The van der Waals surface area contributed by atoms with Gasteiger partial charge < -0.3 is 20.1 Å². The molecule has 9 atom stereocenters. The summed E-state index contributed by atoms with van der Waals surface area (Å²) in [6.07, 6.45) is 7.64. The Hall–Kier alpha value is -1.24. The molecule has 0 aromatic rings. The molecular formula is C30H46O6. The number of Topliss-reactive ketones (excluding diaryl/α,β-unsaturated/α-hetero) is 1. The van der Waals surface area contributed by atoms with E-state index >= 15 is 0 Å². The van der Waals surface area contributed by atoms with Gasteiger partial charge in [-0.15, -0.1) is 0 Å². The van der Waals surface area contributed by atoms with Crippen LogP contribution in [0.4, 0.5) is 0 Å². The molecule has 4 aliphatic carbocycles. The first-order valence-corrected chi connectivity index (χ1v) is 14.0. The van der Waals surface area contributed by atoms with Crippen LogP contribution in [-0.2, 0) is 14.3 Å². The number of hydrogen-bond donors (Lipinski definition) is 3. The van der Waals surface area contributed by atoms with E-state index in [1.54, 1.807) is 13.0 Å². The second kappa shape index (κ2) is 7.45. The van der Waals surface area contributed by atoms with Gasteiger partial charge in [-0.2, -0.15) is 0 Å². The zero-order valence-corrected chi connectivity index (χ0v) is 23.2. The summed E-state index contributed by atoms with van der Waals surface area (Å²) >= 11 is 0. The fraction of sp³-hybridized carbons (Fsp3) is 0.867. The van der Waals surface area contributed by atoms with Gasteiger partial charge in [0, 0.05) is 23.8 Å². The van der Waals surface area contributed by atoms with Crippen LogP contribution < -0.4 is 0 Å². The molecule has 1 aliphatic heterocycles. The first kappa shape index (κ1) is 26.4. The molecule has 1 saturated heterocycles. The quantitative estimate of drug-likeness (QED) is 0.350. The minimum atomic E-state index is -1.31. The van der Waals surface area contributed by atoms with Crippen LogP contribution in [0.25, 0.3) is 0 Å². The number of carboxylic acids is 1. The Morgan fingerprint density at radius 2 is 1.81 bits per heavy atom. The van der Waals surface area contributed by atoms with Crippen molar-refractivity contribution in [2.45, 2.75) is 124 Å². The zero-order chi connectivity index (χ0) is 26.7. The second-order valence-corrected chi connectivity index (χ2v) is 14.4. The minimum Gasteiger partial charge on any atom is -0.478 e. The number of aliphatic carboxylic acids is 1. The van der Waals surface area contributed by atoms with Crippen molar-refractivity contribution in [1.82, 2.24) is 0 Å². The highest BCUT2D eigenvalue weighted by molar-refractivity contribution is 5.90. The van der Waals surface area contributed by atoms with Gasteiger partial charge in [0.25, 0.3) is 0 Å². The van der Waals surface area contributed by atoms with Crippen molar-refractivity contribution in [2.24, 2.45) is 38.9 Å². The predicted octanol–water partition coefficient (Wildman–Crippen LogP) is 5.25. The fourth-order valence-electron chi connectivity index (χ4n) is 10.7. The van der Waals surface area contributed by atoms with Crippen LogP contribution in [0, 0.1) is 38.9 Å². The maximum atomic E-state index is 14.2. The van der Waals surface area contributed by atoms with Crippen molar-refractivity contribution < 1.29 is 29.6 Å². The summed E-state index contributed by atoms with van der Waals surface area (Å²) in [5.74, 6) is -1.54. The molecule has 2 spiro atoms. The van der Waals surface area contributed by atoms with Crippen LogP contribution >= 0.6 is 0 Å². The molecule has 0 unspecified atom stereocenters. The van der Waals surface area contributed by atoms with Crippen LogP contribution in [0.2, 0.25) is 0 Å². The summed E-state index contributed by atoms with van der Waals surface area (Å²) in [6.45, 7) is 14.9. The van der Waals surface area contributed by atoms with E-state index < -0.39 is 22.8 Å². The maximum Gasteiger partial charge on any atom is 0.330 e. The topological polar surface area (TPSA) is 107 Å². The van der Waals surface area contributed by atoms with Gasteiger partial charge in [0.05, 0.1) is 11.5 Å². The van der Waals surface area contributed by atoms with Crippen LogP contribution in [0.3, 0.4) is 0 Å². The Labute approximate surface area is 215 Å². The molecule has 0 amide bonds. The molecule has 0 aromatic carbocycles. The van der Waals surface area contributed by atoms with E-state index in [4.69, 9.17) is 4.74 Å². The summed E-state index contributed by atoms with van der Waals surface area (Å²) < 4.78 is 6.55. The summed E-state index contributed by atoms with van der Waals surface area (Å²) in [7, 11) is 0. The SMILES string of the molecule is C/C(=C\CC[C@@H](C)[C@@]1(C)C[C@@]2(O)O[C@]23[C@]1(C)CCC(=O)[C@@]31CC[C@@H]2C(C)(C)[C@@H](O)CC[C@@]21C)C(=O)O. The van der Waals surface area contributed by atoms with E-state index in [1.165, 1.54) is 0 Å². The van der Waals surface area contributed by atoms with Crippen LogP contribution in [0.15, 0.2) is 11.6 Å². The lowest BCUT2D eigenvalue weighted by atomic mass is 9.39. The molecule has 3 N–H and O–H groups in total. The Balaban J connectivity index is 1.56. The summed E-state index contributed by atoms with van der Waals surface area (Å²) in [6, 6.07) is 0. The standard InChI is InChI=1S/C30H46O6/c1-18(23(33)34)9-8-10-19(2)26(6)17-29(35)30(36-29)27(26,7)15-13-22(32)28(30)16-11-20-24(3,4)21(31)12-14-25(20,28)5/h9,19-21,31,35H,8,10-17H2,1-7H3,(H,33,34)/b18-9+/t19-,20-,21+,25+,26-,27-,28-,29-,30+/m1/s1.